The molecule has 0 bridgehead atoms. The summed E-state index contributed by atoms with van der Waals surface area (Å²) in [5, 5.41) is 0.633. The number of fused-ring (bicyclic) bond motifs is 4. The van der Waals surface area contributed by atoms with E-state index in [0.29, 0.717) is 5.39 Å². The smallest absolute Gasteiger partial charge is 0.267 e. The minimum Gasteiger partial charge on any atom is -0.268 e. The molecule has 1 aromatic heterocycles. The summed E-state index contributed by atoms with van der Waals surface area (Å²) in [6, 6.07) is 13.7. The van der Waals surface area contributed by atoms with Crippen LogP contribution in [0.25, 0.3) is 16.6 Å². The first-order valence-corrected chi connectivity index (χ1v) is 7.63. The van der Waals surface area contributed by atoms with E-state index in [4.69, 9.17) is 4.98 Å². The van der Waals surface area contributed by atoms with Gasteiger partial charge in [0.25, 0.3) is 5.56 Å². The van der Waals surface area contributed by atoms with Gasteiger partial charge in [-0.3, -0.25) is 9.36 Å². The largest absolute Gasteiger partial charge is 0.268 e. The van der Waals surface area contributed by atoms with Gasteiger partial charge in [-0.25, -0.2) is 4.98 Å². The number of hydrogen-bond donors (Lipinski definition) is 0. The number of hydrogen-bond acceptors (Lipinski definition) is 2. The lowest BCUT2D eigenvalue weighted by Crippen LogP contribution is -2.25. The van der Waals surface area contributed by atoms with E-state index in [1.54, 1.807) is 4.57 Å². The summed E-state index contributed by atoms with van der Waals surface area (Å²) in [4.78, 5) is 17.8. The highest BCUT2D eigenvalue weighted by atomic mass is 79.9. The van der Waals surface area contributed by atoms with Gasteiger partial charge >= 0.3 is 0 Å². The van der Waals surface area contributed by atoms with Gasteiger partial charge in [-0.05, 0) is 53.5 Å². The Kier molecular flexibility index (Phi) is 2.46. The second-order valence-corrected chi connectivity index (χ2v) is 6.71. The zero-order chi connectivity index (χ0) is 14.8. The van der Waals surface area contributed by atoms with Gasteiger partial charge in [0, 0.05) is 4.47 Å². The molecule has 1 aliphatic rings. The van der Waals surface area contributed by atoms with Crippen molar-refractivity contribution in [2.45, 2.75) is 19.3 Å². The highest BCUT2D eigenvalue weighted by Gasteiger charge is 2.38. The normalized spacial score (nSPS) is 15.0. The minimum atomic E-state index is -0.272. The Bertz CT molecular complexity index is 957. The van der Waals surface area contributed by atoms with Crippen molar-refractivity contribution in [2.75, 3.05) is 0 Å². The SMILES string of the molecule is CC1(C)c2ccccc2-n2c1nc1cccc(Br)c1c2=O. The van der Waals surface area contributed by atoms with Crippen LogP contribution >= 0.6 is 15.9 Å². The summed E-state index contributed by atoms with van der Waals surface area (Å²) >= 11 is 3.47. The zero-order valence-corrected chi connectivity index (χ0v) is 13.3. The third-order valence-corrected chi connectivity index (χ3v) is 4.88. The van der Waals surface area contributed by atoms with Crippen molar-refractivity contribution in [3.05, 3.63) is 68.7 Å². The van der Waals surface area contributed by atoms with Gasteiger partial charge in [-0.2, -0.15) is 0 Å². The summed E-state index contributed by atoms with van der Waals surface area (Å²) in [6.07, 6.45) is 0. The fourth-order valence-corrected chi connectivity index (χ4v) is 3.68. The molecule has 21 heavy (non-hydrogen) atoms. The van der Waals surface area contributed by atoms with Crippen molar-refractivity contribution in [3.63, 3.8) is 0 Å². The first-order valence-electron chi connectivity index (χ1n) is 6.83. The Morgan fingerprint density at radius 3 is 2.67 bits per heavy atom. The van der Waals surface area contributed by atoms with Gasteiger partial charge in [-0.15, -0.1) is 0 Å². The standard InChI is InChI=1S/C17H13BrN2O/c1-17(2)10-6-3-4-9-13(10)20-15(21)14-11(18)7-5-8-12(14)19-16(17)20/h3-9H,1-2H3. The summed E-state index contributed by atoms with van der Waals surface area (Å²) in [5.41, 5.74) is 2.53. The van der Waals surface area contributed by atoms with E-state index in [1.165, 1.54) is 0 Å². The molecule has 0 radical (unpaired) electrons. The minimum absolute atomic E-state index is 0.0134. The van der Waals surface area contributed by atoms with E-state index in [0.717, 1.165) is 27.1 Å². The van der Waals surface area contributed by atoms with Crippen LogP contribution in [0.3, 0.4) is 0 Å². The molecule has 0 spiro atoms. The van der Waals surface area contributed by atoms with Gasteiger partial charge in [0.15, 0.2) is 0 Å². The molecule has 0 saturated heterocycles. The monoisotopic (exact) mass is 340 g/mol. The molecular weight excluding hydrogens is 328 g/mol. The summed E-state index contributed by atoms with van der Waals surface area (Å²) in [5.74, 6) is 0.805. The zero-order valence-electron chi connectivity index (χ0n) is 11.7. The number of rotatable bonds is 0. The van der Waals surface area contributed by atoms with E-state index in [-0.39, 0.29) is 11.0 Å². The molecule has 104 valence electrons. The van der Waals surface area contributed by atoms with Crippen LogP contribution < -0.4 is 5.56 Å². The van der Waals surface area contributed by atoms with Gasteiger partial charge < -0.3 is 0 Å². The van der Waals surface area contributed by atoms with E-state index in [2.05, 4.69) is 35.8 Å². The molecule has 0 amide bonds. The van der Waals surface area contributed by atoms with E-state index in [9.17, 15) is 4.79 Å². The molecule has 1 aliphatic heterocycles. The Morgan fingerprint density at radius 2 is 1.86 bits per heavy atom. The van der Waals surface area contributed by atoms with Crippen LogP contribution in [-0.2, 0) is 5.41 Å². The van der Waals surface area contributed by atoms with Crippen LogP contribution in [0.15, 0.2) is 51.7 Å². The van der Waals surface area contributed by atoms with Gasteiger partial charge in [0.2, 0.25) is 0 Å². The van der Waals surface area contributed by atoms with Crippen molar-refractivity contribution in [1.82, 2.24) is 9.55 Å². The third-order valence-electron chi connectivity index (χ3n) is 4.22. The van der Waals surface area contributed by atoms with E-state index in [1.807, 2.05) is 36.4 Å². The van der Waals surface area contributed by atoms with Crippen LogP contribution in [-0.4, -0.2) is 9.55 Å². The fraction of sp³-hybridized carbons (Fsp3) is 0.176. The molecule has 3 nitrogen and oxygen atoms in total. The number of benzene rings is 2. The quantitative estimate of drug-likeness (QED) is 0.624. The number of aromatic nitrogens is 2. The van der Waals surface area contributed by atoms with Crippen molar-refractivity contribution in [1.29, 1.82) is 0 Å². The fourth-order valence-electron chi connectivity index (χ4n) is 3.15. The van der Waals surface area contributed by atoms with Crippen LogP contribution in [0, 0.1) is 0 Å². The first kappa shape index (κ1) is 12.8. The second kappa shape index (κ2) is 4.04. The maximum absolute atomic E-state index is 13.0. The summed E-state index contributed by atoms with van der Waals surface area (Å²) < 4.78 is 2.54. The lowest BCUT2D eigenvalue weighted by atomic mass is 9.85. The highest BCUT2D eigenvalue weighted by Crippen LogP contribution is 2.40. The Labute approximate surface area is 130 Å². The predicted octanol–water partition coefficient (Wildman–Crippen LogP) is 3.79. The van der Waals surface area contributed by atoms with Crippen molar-refractivity contribution < 1.29 is 0 Å². The Hall–Kier alpha value is -1.94. The maximum atomic E-state index is 13.0. The predicted molar refractivity (Wildman–Crippen MR) is 87.2 cm³/mol. The molecule has 4 heteroatoms. The number of para-hydroxylation sites is 1. The molecule has 4 rings (SSSR count). The van der Waals surface area contributed by atoms with Crippen LogP contribution in [0.4, 0.5) is 0 Å². The molecule has 3 aromatic rings. The molecule has 2 heterocycles. The molecule has 0 aliphatic carbocycles. The summed E-state index contributed by atoms with van der Waals surface area (Å²) in [6.45, 7) is 4.22. The molecule has 0 N–H and O–H groups in total. The van der Waals surface area contributed by atoms with Crippen LogP contribution in [0.1, 0.15) is 25.2 Å². The Balaban J connectivity index is 2.26. The molecule has 0 unspecified atom stereocenters. The average molecular weight is 341 g/mol. The molecule has 2 aromatic carbocycles. The lowest BCUT2D eigenvalue weighted by molar-refractivity contribution is 0.610. The summed E-state index contributed by atoms with van der Waals surface area (Å²) in [7, 11) is 0. The van der Waals surface area contributed by atoms with Gasteiger partial charge in [-0.1, -0.05) is 24.3 Å². The van der Waals surface area contributed by atoms with Crippen molar-refractivity contribution in [3.8, 4) is 5.69 Å². The number of nitrogens with zero attached hydrogens (tertiary/aromatic N) is 2. The van der Waals surface area contributed by atoms with Crippen molar-refractivity contribution >= 4 is 26.8 Å². The Morgan fingerprint density at radius 1 is 1.10 bits per heavy atom. The van der Waals surface area contributed by atoms with Gasteiger partial charge in [0.05, 0.1) is 22.0 Å². The average Bonchev–Trinajstić information content (AvgIpc) is 2.69. The number of halogens is 1. The molecule has 0 fully saturated rings. The van der Waals surface area contributed by atoms with Gasteiger partial charge in [0.1, 0.15) is 5.82 Å². The molecule has 0 atom stereocenters. The topological polar surface area (TPSA) is 34.9 Å². The third kappa shape index (κ3) is 1.54. The highest BCUT2D eigenvalue weighted by molar-refractivity contribution is 9.10. The maximum Gasteiger partial charge on any atom is 0.267 e. The van der Waals surface area contributed by atoms with Crippen molar-refractivity contribution in [2.24, 2.45) is 0 Å². The van der Waals surface area contributed by atoms with E-state index >= 15 is 0 Å². The van der Waals surface area contributed by atoms with Crippen LogP contribution in [0.5, 0.6) is 0 Å². The molecular formula is C17H13BrN2O. The van der Waals surface area contributed by atoms with E-state index < -0.39 is 0 Å². The van der Waals surface area contributed by atoms with Crippen LogP contribution in [0.2, 0.25) is 0 Å². The second-order valence-electron chi connectivity index (χ2n) is 5.85. The first-order chi connectivity index (χ1) is 10.0. The lowest BCUT2D eigenvalue weighted by Gasteiger charge is -2.18. The molecule has 0 saturated carbocycles.